The van der Waals surface area contributed by atoms with Gasteiger partial charge in [0.15, 0.2) is 0 Å². The molecule has 1 saturated heterocycles. The van der Waals surface area contributed by atoms with E-state index in [0.29, 0.717) is 0 Å². The van der Waals surface area contributed by atoms with Crippen molar-refractivity contribution in [2.24, 2.45) is 0 Å². The van der Waals surface area contributed by atoms with Crippen molar-refractivity contribution in [3.8, 4) is 0 Å². The molecule has 1 aliphatic heterocycles. The van der Waals surface area contributed by atoms with Gasteiger partial charge in [-0.25, -0.2) is 0 Å². The van der Waals surface area contributed by atoms with Crippen molar-refractivity contribution in [2.45, 2.75) is 26.8 Å². The third-order valence-electron chi connectivity index (χ3n) is 4.29. The van der Waals surface area contributed by atoms with Crippen LogP contribution in [0.15, 0.2) is 36.5 Å². The molecule has 2 heterocycles. The van der Waals surface area contributed by atoms with Gasteiger partial charge in [0.25, 0.3) is 0 Å². The van der Waals surface area contributed by atoms with Crippen molar-refractivity contribution >= 4 is 0 Å². The van der Waals surface area contributed by atoms with Crippen molar-refractivity contribution in [1.29, 1.82) is 0 Å². The van der Waals surface area contributed by atoms with Gasteiger partial charge in [0.1, 0.15) is 0 Å². The summed E-state index contributed by atoms with van der Waals surface area (Å²) in [6.45, 7) is 10.7. The third-order valence-corrected chi connectivity index (χ3v) is 4.29. The summed E-state index contributed by atoms with van der Waals surface area (Å²) in [7, 11) is 0. The molecule has 22 heavy (non-hydrogen) atoms. The molecule has 1 N–H and O–H groups in total. The number of aryl methyl sites for hydroxylation is 3. The van der Waals surface area contributed by atoms with Crippen LogP contribution in [-0.4, -0.2) is 36.1 Å². The Bertz CT molecular complexity index is 607. The van der Waals surface area contributed by atoms with Crippen LogP contribution >= 0.6 is 0 Å². The number of nitrogens with zero attached hydrogens (tertiary/aromatic N) is 2. The summed E-state index contributed by atoms with van der Waals surface area (Å²) in [6, 6.07) is 11.4. The number of aromatic nitrogens is 1. The maximum Gasteiger partial charge on any atom is 0.0777 e. The van der Waals surface area contributed by atoms with Gasteiger partial charge in [-0.15, -0.1) is 0 Å². The lowest BCUT2D eigenvalue weighted by Crippen LogP contribution is -2.45. The highest BCUT2D eigenvalue weighted by molar-refractivity contribution is 5.35. The average Bonchev–Trinajstić information content (AvgIpc) is 2.50. The molecule has 0 aliphatic carbocycles. The van der Waals surface area contributed by atoms with E-state index in [4.69, 9.17) is 4.98 Å². The molecule has 1 atom stereocenters. The Hall–Kier alpha value is -1.71. The molecule has 1 aromatic heterocycles. The predicted molar refractivity (Wildman–Crippen MR) is 91.2 cm³/mol. The van der Waals surface area contributed by atoms with Gasteiger partial charge in [-0.05, 0) is 38.0 Å². The second-order valence-corrected chi connectivity index (χ2v) is 6.37. The number of piperazine rings is 1. The van der Waals surface area contributed by atoms with Crippen LogP contribution < -0.4 is 5.32 Å². The molecule has 0 spiro atoms. The molecule has 3 heteroatoms. The van der Waals surface area contributed by atoms with E-state index in [9.17, 15) is 0 Å². The Balaban J connectivity index is 2.03. The van der Waals surface area contributed by atoms with Gasteiger partial charge in [-0.1, -0.05) is 35.4 Å². The molecule has 0 saturated carbocycles. The largest absolute Gasteiger partial charge is 0.314 e. The first-order valence-electron chi connectivity index (χ1n) is 8.09. The van der Waals surface area contributed by atoms with E-state index in [-0.39, 0.29) is 6.04 Å². The molecule has 1 unspecified atom stereocenters. The molecular weight excluding hydrogens is 270 g/mol. The Morgan fingerprint density at radius 3 is 2.23 bits per heavy atom. The Labute approximate surface area is 133 Å². The molecule has 3 rings (SSSR count). The van der Waals surface area contributed by atoms with E-state index >= 15 is 0 Å². The third kappa shape index (κ3) is 3.37. The number of pyridine rings is 1. The maximum atomic E-state index is 4.73. The summed E-state index contributed by atoms with van der Waals surface area (Å²) in [5.41, 5.74) is 6.36. The molecule has 2 aromatic rings. The fraction of sp³-hybridized carbons (Fsp3) is 0.421. The fourth-order valence-electron chi connectivity index (χ4n) is 3.32. The monoisotopic (exact) mass is 295 g/mol. The number of hydrogen-bond donors (Lipinski definition) is 1. The number of rotatable bonds is 3. The first-order chi connectivity index (χ1) is 10.6. The molecule has 3 nitrogen and oxygen atoms in total. The minimum atomic E-state index is 0.251. The lowest BCUT2D eigenvalue weighted by atomic mass is 9.96. The zero-order chi connectivity index (χ0) is 15.5. The number of nitrogens with one attached hydrogen (secondary N) is 1. The van der Waals surface area contributed by atoms with E-state index in [2.05, 4.69) is 61.3 Å². The second-order valence-electron chi connectivity index (χ2n) is 6.37. The minimum Gasteiger partial charge on any atom is -0.314 e. The van der Waals surface area contributed by atoms with Crippen LogP contribution in [0.1, 0.15) is 34.0 Å². The Morgan fingerprint density at radius 1 is 0.955 bits per heavy atom. The summed E-state index contributed by atoms with van der Waals surface area (Å²) < 4.78 is 0. The molecule has 0 bridgehead atoms. The van der Waals surface area contributed by atoms with Gasteiger partial charge >= 0.3 is 0 Å². The van der Waals surface area contributed by atoms with E-state index < -0.39 is 0 Å². The smallest absolute Gasteiger partial charge is 0.0777 e. The molecule has 1 aromatic carbocycles. The highest BCUT2D eigenvalue weighted by Crippen LogP contribution is 2.29. The van der Waals surface area contributed by atoms with Crippen LogP contribution in [0.4, 0.5) is 0 Å². The SMILES string of the molecule is Cc1ccc(C(c2cc(C)cc(C)c2)N2CCNCC2)nc1. The van der Waals surface area contributed by atoms with Gasteiger partial charge in [0.05, 0.1) is 11.7 Å². The molecule has 116 valence electrons. The van der Waals surface area contributed by atoms with Crippen molar-refractivity contribution in [3.05, 3.63) is 64.5 Å². The van der Waals surface area contributed by atoms with Crippen LogP contribution in [0.3, 0.4) is 0 Å². The van der Waals surface area contributed by atoms with Crippen LogP contribution in [0, 0.1) is 20.8 Å². The molecule has 1 fully saturated rings. The van der Waals surface area contributed by atoms with Gasteiger partial charge in [0, 0.05) is 32.4 Å². The second kappa shape index (κ2) is 6.59. The highest BCUT2D eigenvalue weighted by Gasteiger charge is 2.25. The first-order valence-corrected chi connectivity index (χ1v) is 8.09. The topological polar surface area (TPSA) is 28.2 Å². The number of hydrogen-bond acceptors (Lipinski definition) is 3. The van der Waals surface area contributed by atoms with Gasteiger partial charge in [-0.2, -0.15) is 0 Å². The predicted octanol–water partition coefficient (Wildman–Crippen LogP) is 3.00. The van der Waals surface area contributed by atoms with Crippen LogP contribution in [0.2, 0.25) is 0 Å². The van der Waals surface area contributed by atoms with Crippen LogP contribution in [0.25, 0.3) is 0 Å². The molecular formula is C19H25N3. The fourth-order valence-corrected chi connectivity index (χ4v) is 3.32. The Kier molecular flexibility index (Phi) is 4.55. The van der Waals surface area contributed by atoms with Crippen LogP contribution in [-0.2, 0) is 0 Å². The van der Waals surface area contributed by atoms with Gasteiger partial charge < -0.3 is 5.32 Å². The lowest BCUT2D eigenvalue weighted by molar-refractivity contribution is 0.195. The van der Waals surface area contributed by atoms with E-state index in [0.717, 1.165) is 31.9 Å². The van der Waals surface area contributed by atoms with Gasteiger partial charge in [-0.3, -0.25) is 9.88 Å². The van der Waals surface area contributed by atoms with Crippen molar-refractivity contribution in [1.82, 2.24) is 15.2 Å². The summed E-state index contributed by atoms with van der Waals surface area (Å²) in [4.78, 5) is 7.27. The molecule has 0 radical (unpaired) electrons. The lowest BCUT2D eigenvalue weighted by Gasteiger charge is -2.35. The van der Waals surface area contributed by atoms with Crippen LogP contribution in [0.5, 0.6) is 0 Å². The van der Waals surface area contributed by atoms with E-state index in [1.807, 2.05) is 6.20 Å². The first kappa shape index (κ1) is 15.2. The maximum absolute atomic E-state index is 4.73. The zero-order valence-electron chi connectivity index (χ0n) is 13.8. The summed E-state index contributed by atoms with van der Waals surface area (Å²) in [6.07, 6.45) is 1.98. The summed E-state index contributed by atoms with van der Waals surface area (Å²) in [5.74, 6) is 0. The van der Waals surface area contributed by atoms with Crippen molar-refractivity contribution < 1.29 is 0 Å². The standard InChI is InChI=1S/C19H25N3/c1-14-4-5-18(21-13-14)19(22-8-6-20-7-9-22)17-11-15(2)10-16(3)12-17/h4-5,10-13,19-20H,6-9H2,1-3H3. The quantitative estimate of drug-likeness (QED) is 0.943. The zero-order valence-corrected chi connectivity index (χ0v) is 13.8. The normalized spacial score (nSPS) is 17.4. The molecule has 1 aliphatic rings. The average molecular weight is 295 g/mol. The van der Waals surface area contributed by atoms with Gasteiger partial charge in [0.2, 0.25) is 0 Å². The summed E-state index contributed by atoms with van der Waals surface area (Å²) in [5, 5.41) is 3.44. The molecule has 0 amide bonds. The minimum absolute atomic E-state index is 0.251. The summed E-state index contributed by atoms with van der Waals surface area (Å²) >= 11 is 0. The number of benzene rings is 1. The van der Waals surface area contributed by atoms with E-state index in [1.165, 1.54) is 22.3 Å². The Morgan fingerprint density at radius 2 is 1.64 bits per heavy atom. The highest BCUT2D eigenvalue weighted by atomic mass is 15.2. The van der Waals surface area contributed by atoms with Crippen molar-refractivity contribution in [3.63, 3.8) is 0 Å². The van der Waals surface area contributed by atoms with E-state index in [1.54, 1.807) is 0 Å². The van der Waals surface area contributed by atoms with Crippen molar-refractivity contribution in [2.75, 3.05) is 26.2 Å².